The lowest BCUT2D eigenvalue weighted by Gasteiger charge is -2.27. The summed E-state index contributed by atoms with van der Waals surface area (Å²) >= 11 is 0. The zero-order chi connectivity index (χ0) is 12.1. The third kappa shape index (κ3) is 3.74. The second-order valence-corrected chi connectivity index (χ2v) is 5.10. The highest BCUT2D eigenvalue weighted by Gasteiger charge is 2.20. The molecule has 0 radical (unpaired) electrons. The number of hydrogen-bond acceptors (Lipinski definition) is 2. The first-order valence-electron chi connectivity index (χ1n) is 6.74. The highest BCUT2D eigenvalue weighted by molar-refractivity contribution is 5.39. The Hall–Kier alpha value is -1.02. The Bertz CT molecular complexity index is 325. The molecule has 2 rings (SSSR count). The van der Waals surface area contributed by atoms with E-state index in [2.05, 4.69) is 6.92 Å². The van der Waals surface area contributed by atoms with E-state index in [0.717, 1.165) is 18.2 Å². The van der Waals surface area contributed by atoms with Gasteiger partial charge in [0.2, 0.25) is 0 Å². The third-order valence-corrected chi connectivity index (χ3v) is 3.84. The van der Waals surface area contributed by atoms with Gasteiger partial charge in [0, 0.05) is 5.69 Å². The molecular formula is C15H23NO. The van der Waals surface area contributed by atoms with Crippen molar-refractivity contribution in [2.75, 3.05) is 5.73 Å². The summed E-state index contributed by atoms with van der Waals surface area (Å²) in [6.07, 6.45) is 6.92. The number of benzene rings is 1. The summed E-state index contributed by atoms with van der Waals surface area (Å²) in [7, 11) is 0. The molecule has 2 heteroatoms. The largest absolute Gasteiger partial charge is 0.399 e. The first-order chi connectivity index (χ1) is 8.28. The van der Waals surface area contributed by atoms with E-state index in [-0.39, 0.29) is 0 Å². The Morgan fingerprint density at radius 2 is 1.76 bits per heavy atom. The van der Waals surface area contributed by atoms with E-state index in [1.54, 1.807) is 0 Å². The van der Waals surface area contributed by atoms with Crippen LogP contribution in [0.1, 0.15) is 44.6 Å². The summed E-state index contributed by atoms with van der Waals surface area (Å²) in [4.78, 5) is 0. The molecule has 0 bridgehead atoms. The minimum atomic E-state index is 0.468. The number of rotatable bonds is 4. The van der Waals surface area contributed by atoms with Gasteiger partial charge in [-0.25, -0.2) is 0 Å². The molecule has 94 valence electrons. The molecule has 0 spiro atoms. The van der Waals surface area contributed by atoms with Gasteiger partial charge in [0.25, 0.3) is 0 Å². The van der Waals surface area contributed by atoms with Gasteiger partial charge in [0.1, 0.15) is 0 Å². The normalized spacial score (nSPS) is 24.8. The Labute approximate surface area is 104 Å². The monoisotopic (exact) mass is 233 g/mol. The van der Waals surface area contributed by atoms with Gasteiger partial charge in [-0.1, -0.05) is 25.5 Å². The van der Waals surface area contributed by atoms with Crippen molar-refractivity contribution < 1.29 is 4.74 Å². The fraction of sp³-hybridized carbons (Fsp3) is 0.600. The van der Waals surface area contributed by atoms with Crippen LogP contribution >= 0.6 is 0 Å². The summed E-state index contributed by atoms with van der Waals surface area (Å²) in [5, 5.41) is 0. The van der Waals surface area contributed by atoms with Crippen molar-refractivity contribution in [2.45, 2.75) is 51.7 Å². The van der Waals surface area contributed by atoms with Gasteiger partial charge in [-0.3, -0.25) is 0 Å². The zero-order valence-corrected chi connectivity index (χ0v) is 10.7. The van der Waals surface area contributed by atoms with Gasteiger partial charge in [0.15, 0.2) is 0 Å². The van der Waals surface area contributed by atoms with Gasteiger partial charge >= 0.3 is 0 Å². The van der Waals surface area contributed by atoms with E-state index in [1.807, 2.05) is 24.3 Å². The molecule has 0 heterocycles. The maximum absolute atomic E-state index is 5.96. The van der Waals surface area contributed by atoms with E-state index >= 15 is 0 Å². The topological polar surface area (TPSA) is 35.2 Å². The highest BCUT2D eigenvalue weighted by Crippen LogP contribution is 2.28. The van der Waals surface area contributed by atoms with Crippen molar-refractivity contribution in [1.29, 1.82) is 0 Å². The Morgan fingerprint density at radius 3 is 2.35 bits per heavy atom. The summed E-state index contributed by atoms with van der Waals surface area (Å²) in [6, 6.07) is 7.97. The number of nitrogens with two attached hydrogens (primary N) is 1. The fourth-order valence-corrected chi connectivity index (χ4v) is 2.53. The molecule has 1 aromatic carbocycles. The van der Waals surface area contributed by atoms with Crippen LogP contribution in [0.5, 0.6) is 0 Å². The van der Waals surface area contributed by atoms with Gasteiger partial charge in [0.05, 0.1) is 12.7 Å². The molecule has 1 aliphatic rings. The molecule has 17 heavy (non-hydrogen) atoms. The SMILES string of the molecule is CCC1CCC(OCc2ccc(N)cc2)CC1. The first-order valence-corrected chi connectivity index (χ1v) is 6.74. The molecule has 1 fully saturated rings. The summed E-state index contributed by atoms with van der Waals surface area (Å²) in [5.41, 5.74) is 7.69. The van der Waals surface area contributed by atoms with Gasteiger partial charge in [-0.05, 0) is 49.3 Å². The second kappa shape index (κ2) is 6.06. The number of ether oxygens (including phenoxy) is 1. The molecule has 2 nitrogen and oxygen atoms in total. The molecule has 1 aliphatic carbocycles. The zero-order valence-electron chi connectivity index (χ0n) is 10.7. The van der Waals surface area contributed by atoms with E-state index in [0.29, 0.717) is 6.10 Å². The van der Waals surface area contributed by atoms with Crippen LogP contribution in [0.3, 0.4) is 0 Å². The molecule has 0 unspecified atom stereocenters. The molecule has 0 aromatic heterocycles. The molecule has 0 amide bonds. The Balaban J connectivity index is 1.74. The average molecular weight is 233 g/mol. The minimum Gasteiger partial charge on any atom is -0.399 e. The molecule has 1 saturated carbocycles. The van der Waals surface area contributed by atoms with Crippen LogP contribution in [0.2, 0.25) is 0 Å². The van der Waals surface area contributed by atoms with Crippen LogP contribution in [-0.2, 0) is 11.3 Å². The summed E-state index contributed by atoms with van der Waals surface area (Å²) in [5.74, 6) is 0.936. The number of anilines is 1. The lowest BCUT2D eigenvalue weighted by atomic mass is 9.86. The smallest absolute Gasteiger partial charge is 0.0720 e. The number of nitrogen functional groups attached to an aromatic ring is 1. The van der Waals surface area contributed by atoms with Crippen molar-refractivity contribution in [3.05, 3.63) is 29.8 Å². The van der Waals surface area contributed by atoms with Gasteiger partial charge in [-0.15, -0.1) is 0 Å². The van der Waals surface area contributed by atoms with Crippen molar-refractivity contribution >= 4 is 5.69 Å². The molecule has 0 atom stereocenters. The third-order valence-electron chi connectivity index (χ3n) is 3.84. The molecular weight excluding hydrogens is 210 g/mol. The van der Waals surface area contributed by atoms with E-state index in [9.17, 15) is 0 Å². The molecule has 1 aromatic rings. The van der Waals surface area contributed by atoms with E-state index in [1.165, 1.54) is 37.7 Å². The van der Waals surface area contributed by atoms with Crippen LogP contribution in [0, 0.1) is 5.92 Å². The maximum atomic E-state index is 5.96. The molecule has 0 aliphatic heterocycles. The van der Waals surface area contributed by atoms with Crippen molar-refractivity contribution in [1.82, 2.24) is 0 Å². The Morgan fingerprint density at radius 1 is 1.12 bits per heavy atom. The predicted molar refractivity (Wildman–Crippen MR) is 71.7 cm³/mol. The predicted octanol–water partition coefficient (Wildman–Crippen LogP) is 3.75. The summed E-state index contributed by atoms with van der Waals surface area (Å²) in [6.45, 7) is 3.02. The van der Waals surface area contributed by atoms with E-state index in [4.69, 9.17) is 10.5 Å². The first kappa shape index (κ1) is 12.4. The quantitative estimate of drug-likeness (QED) is 0.804. The van der Waals surface area contributed by atoms with Crippen molar-refractivity contribution in [2.24, 2.45) is 5.92 Å². The van der Waals surface area contributed by atoms with Gasteiger partial charge < -0.3 is 10.5 Å². The van der Waals surface area contributed by atoms with Crippen LogP contribution in [0.15, 0.2) is 24.3 Å². The number of hydrogen-bond donors (Lipinski definition) is 1. The fourth-order valence-electron chi connectivity index (χ4n) is 2.53. The van der Waals surface area contributed by atoms with E-state index < -0.39 is 0 Å². The Kier molecular flexibility index (Phi) is 4.43. The summed E-state index contributed by atoms with van der Waals surface area (Å²) < 4.78 is 5.96. The second-order valence-electron chi connectivity index (χ2n) is 5.10. The van der Waals surface area contributed by atoms with Crippen molar-refractivity contribution in [3.8, 4) is 0 Å². The maximum Gasteiger partial charge on any atom is 0.0720 e. The minimum absolute atomic E-state index is 0.468. The standard InChI is InChI=1S/C15H23NO/c1-2-12-5-9-15(10-6-12)17-11-13-3-7-14(16)8-4-13/h3-4,7-8,12,15H,2,5-6,9-11,16H2,1H3. The molecule has 0 saturated heterocycles. The lowest BCUT2D eigenvalue weighted by molar-refractivity contribution is 0.00683. The van der Waals surface area contributed by atoms with Crippen LogP contribution < -0.4 is 5.73 Å². The molecule has 2 N–H and O–H groups in total. The van der Waals surface area contributed by atoms with Crippen LogP contribution in [-0.4, -0.2) is 6.10 Å². The average Bonchev–Trinajstić information content (AvgIpc) is 2.39. The highest BCUT2D eigenvalue weighted by atomic mass is 16.5. The lowest BCUT2D eigenvalue weighted by Crippen LogP contribution is -2.21. The van der Waals surface area contributed by atoms with Gasteiger partial charge in [-0.2, -0.15) is 0 Å². The van der Waals surface area contributed by atoms with Crippen molar-refractivity contribution in [3.63, 3.8) is 0 Å². The van der Waals surface area contributed by atoms with Crippen LogP contribution in [0.25, 0.3) is 0 Å². The van der Waals surface area contributed by atoms with Crippen LogP contribution in [0.4, 0.5) is 5.69 Å².